The molecule has 5 fully saturated rings. The molecule has 13 nitrogen and oxygen atoms in total. The monoisotopic (exact) mass is 1040 g/mol. The Hall–Kier alpha value is -4.82. The molecule has 3 aliphatic heterocycles. The Morgan fingerprint density at radius 3 is 2.13 bits per heavy atom. The second kappa shape index (κ2) is 20.2. The lowest BCUT2D eigenvalue weighted by Crippen LogP contribution is -2.66. The van der Waals surface area contributed by atoms with Crippen LogP contribution in [0.25, 0.3) is 0 Å². The fourth-order valence-electron chi connectivity index (χ4n) is 10.7. The van der Waals surface area contributed by atoms with Gasteiger partial charge in [0.25, 0.3) is 25.8 Å². The fraction of sp³-hybridized carbons (Fsp3) is 0.500. The molecule has 0 bridgehead atoms. The topological polar surface area (TPSA) is 149 Å². The summed E-state index contributed by atoms with van der Waals surface area (Å²) in [4.78, 5) is 33.5. The van der Waals surface area contributed by atoms with E-state index in [0.29, 0.717) is 69.0 Å². The number of likely N-dealkylation sites (tertiary alicyclic amines) is 1. The van der Waals surface area contributed by atoms with E-state index in [0.717, 1.165) is 55.2 Å². The minimum absolute atomic E-state index is 0.00857. The lowest BCUT2D eigenvalue weighted by Gasteiger charge is -2.62. The van der Waals surface area contributed by atoms with E-state index in [-0.39, 0.29) is 11.0 Å². The molecule has 19 heteroatoms. The number of carbonyl (C=O) groups excluding carboxylic acids is 2. The molecule has 0 aromatic heterocycles. The van der Waals surface area contributed by atoms with Crippen molar-refractivity contribution in [3.05, 3.63) is 114 Å². The number of thioether (sulfide) groups is 1. The first kappa shape index (κ1) is 51.1. The molecule has 4 aromatic carbocycles. The van der Waals surface area contributed by atoms with Gasteiger partial charge < -0.3 is 19.9 Å². The number of sulfone groups is 1. The quantitative estimate of drug-likeness (QED) is 0.103. The van der Waals surface area contributed by atoms with Gasteiger partial charge in [0.1, 0.15) is 10.5 Å². The van der Waals surface area contributed by atoms with Crippen LogP contribution < -0.4 is 14.9 Å². The van der Waals surface area contributed by atoms with Gasteiger partial charge in [0.15, 0.2) is 0 Å². The SMILES string of the molecule is CC(C)(C)OC(=O)N1CCN(CC[C@H](CSc2ccccc2)Nc2ccc(S(=O)(=O)NC(=O)c3ccc(N4CC5(CC(N6CCC[C@H]6c6ccccc6C6CC6)C5)C4)cc3)cc2S(=O)(=O)C(F)(F)F)CC1. The van der Waals surface area contributed by atoms with Crippen molar-refractivity contribution in [3.8, 4) is 0 Å². The second-order valence-corrected chi connectivity index (χ2v) is 25.6. The maximum Gasteiger partial charge on any atom is 0.501 e. The van der Waals surface area contributed by atoms with Crippen LogP contribution in [0.3, 0.4) is 0 Å². The summed E-state index contributed by atoms with van der Waals surface area (Å²) in [7, 11) is -11.0. The molecule has 0 radical (unpaired) electrons. The molecular formula is C52H63F3N6O7S3. The Morgan fingerprint density at radius 1 is 0.817 bits per heavy atom. The van der Waals surface area contributed by atoms with Gasteiger partial charge in [-0.3, -0.25) is 14.6 Å². The Morgan fingerprint density at radius 2 is 1.48 bits per heavy atom. The number of alkyl halides is 3. The minimum Gasteiger partial charge on any atom is -0.444 e. The van der Waals surface area contributed by atoms with Gasteiger partial charge in [-0.05, 0) is 144 Å². The molecule has 1 spiro atoms. The third-order valence-electron chi connectivity index (χ3n) is 14.5. The molecular weight excluding hydrogens is 974 g/mol. The zero-order valence-corrected chi connectivity index (χ0v) is 42.8. The molecule has 2 atom stereocenters. The Balaban J connectivity index is 0.834. The van der Waals surface area contributed by atoms with E-state index >= 15 is 0 Å². The number of hydrogen-bond acceptors (Lipinski definition) is 12. The summed E-state index contributed by atoms with van der Waals surface area (Å²) in [5, 5.41) is 3.00. The summed E-state index contributed by atoms with van der Waals surface area (Å²) in [5.74, 6) is 0.0104. The minimum atomic E-state index is -6.10. The molecule has 3 heterocycles. The molecule has 2 aliphatic carbocycles. The summed E-state index contributed by atoms with van der Waals surface area (Å²) < 4.78 is 104. The number of amides is 2. The lowest BCUT2D eigenvalue weighted by atomic mass is 9.60. The first-order valence-corrected chi connectivity index (χ1v) is 28.5. The molecule has 5 aliphatic rings. The third-order valence-corrected chi connectivity index (χ3v) is 18.5. The number of hydrogen-bond donors (Lipinski definition) is 2. The highest BCUT2D eigenvalue weighted by molar-refractivity contribution is 7.99. The van der Waals surface area contributed by atoms with Gasteiger partial charge in [0.05, 0.1) is 10.6 Å². The van der Waals surface area contributed by atoms with E-state index in [1.54, 1.807) is 37.8 Å². The van der Waals surface area contributed by atoms with Gasteiger partial charge in [-0.25, -0.2) is 26.4 Å². The number of rotatable bonds is 16. The van der Waals surface area contributed by atoms with Crippen LogP contribution in [-0.2, 0) is 24.6 Å². The van der Waals surface area contributed by atoms with Crippen LogP contribution >= 0.6 is 11.8 Å². The smallest absolute Gasteiger partial charge is 0.444 e. The van der Waals surface area contributed by atoms with Crippen LogP contribution in [0.2, 0.25) is 0 Å². The number of ether oxygens (including phenoxy) is 1. The van der Waals surface area contributed by atoms with Crippen molar-refractivity contribution >= 4 is 55.0 Å². The number of piperazine rings is 1. The number of halogens is 3. The maximum absolute atomic E-state index is 14.3. The highest BCUT2D eigenvalue weighted by Crippen LogP contribution is 2.55. The number of sulfonamides is 1. The van der Waals surface area contributed by atoms with Gasteiger partial charge in [-0.15, -0.1) is 11.8 Å². The fourth-order valence-corrected chi connectivity index (χ4v) is 13.7. The summed E-state index contributed by atoms with van der Waals surface area (Å²) >= 11 is 1.42. The standard InChI is InChI=1S/C52H63F3N6O7S3/c1-50(2,3)68-49(63)59-28-26-58(27-29-59)25-23-38(33-69-41-10-5-4-6-11-41)56-45-22-21-42(30-47(45)70(64,65)52(53,54)55)71(66,67)57-48(62)37-17-19-39(20-18-37)60-34-51(35-60)31-40(32-51)61-24-9-14-46(61)44-13-8-7-12-43(44)36-15-16-36/h4-8,10-13,17-22,30,36,38,40,46,56H,9,14-16,23-29,31-35H2,1-3H3,(H,57,62)/t38-,46+/m1/s1. The first-order valence-electron chi connectivity index (χ1n) is 24.5. The van der Waals surface area contributed by atoms with Crippen LogP contribution in [0.5, 0.6) is 0 Å². The summed E-state index contributed by atoms with van der Waals surface area (Å²) in [5.41, 5.74) is -2.66. The Kier molecular flexibility index (Phi) is 14.6. The third kappa shape index (κ3) is 11.7. The van der Waals surface area contributed by atoms with Crippen molar-refractivity contribution in [1.29, 1.82) is 0 Å². The van der Waals surface area contributed by atoms with E-state index < -0.39 is 64.5 Å². The van der Waals surface area contributed by atoms with Crippen LogP contribution in [-0.4, -0.2) is 125 Å². The van der Waals surface area contributed by atoms with Crippen molar-refractivity contribution in [1.82, 2.24) is 19.4 Å². The second-order valence-electron chi connectivity index (χ2n) is 20.9. The van der Waals surface area contributed by atoms with Gasteiger partial charge in [0.2, 0.25) is 0 Å². The molecule has 9 rings (SSSR count). The zero-order valence-electron chi connectivity index (χ0n) is 40.4. The lowest BCUT2D eigenvalue weighted by molar-refractivity contribution is -0.0436. The van der Waals surface area contributed by atoms with Crippen molar-refractivity contribution in [2.45, 2.75) is 116 Å². The average Bonchev–Trinajstić information content (AvgIpc) is 4.05. The van der Waals surface area contributed by atoms with Crippen LogP contribution in [0.4, 0.5) is 29.3 Å². The summed E-state index contributed by atoms with van der Waals surface area (Å²) in [6.45, 7) is 10.6. The molecule has 0 unspecified atom stereocenters. The first-order chi connectivity index (χ1) is 33.7. The van der Waals surface area contributed by atoms with E-state index in [4.69, 9.17) is 4.74 Å². The van der Waals surface area contributed by atoms with Gasteiger partial charge >= 0.3 is 11.6 Å². The molecule has 2 N–H and O–H groups in total. The van der Waals surface area contributed by atoms with Crippen molar-refractivity contribution in [3.63, 3.8) is 0 Å². The largest absolute Gasteiger partial charge is 0.501 e. The van der Waals surface area contributed by atoms with Gasteiger partial charge in [-0.2, -0.15) is 13.2 Å². The molecule has 382 valence electrons. The van der Waals surface area contributed by atoms with E-state index in [2.05, 4.69) is 44.3 Å². The normalized spacial score (nSPS) is 20.6. The van der Waals surface area contributed by atoms with Crippen LogP contribution in [0, 0.1) is 5.41 Å². The van der Waals surface area contributed by atoms with Gasteiger partial charge in [-0.1, -0.05) is 42.5 Å². The maximum atomic E-state index is 14.3. The van der Waals surface area contributed by atoms with E-state index in [1.807, 2.05) is 35.1 Å². The van der Waals surface area contributed by atoms with Crippen molar-refractivity contribution in [2.75, 3.05) is 68.3 Å². The van der Waals surface area contributed by atoms with E-state index in [9.17, 15) is 39.6 Å². The number of nitrogens with zero attached hydrogens (tertiary/aromatic N) is 4. The number of nitrogens with one attached hydrogen (secondary N) is 2. The predicted octanol–water partition coefficient (Wildman–Crippen LogP) is 9.30. The molecule has 3 saturated heterocycles. The molecule has 71 heavy (non-hydrogen) atoms. The van der Waals surface area contributed by atoms with E-state index in [1.165, 1.54) is 60.7 Å². The van der Waals surface area contributed by atoms with Crippen LogP contribution in [0.15, 0.2) is 112 Å². The molecule has 4 aromatic rings. The Bertz CT molecular complexity index is 2790. The Labute approximate surface area is 419 Å². The van der Waals surface area contributed by atoms with Gasteiger partial charge in [0, 0.05) is 91.3 Å². The number of anilines is 2. The van der Waals surface area contributed by atoms with Crippen molar-refractivity contribution in [2.24, 2.45) is 5.41 Å². The summed E-state index contributed by atoms with van der Waals surface area (Å²) in [6.07, 6.45) is 7.20. The van der Waals surface area contributed by atoms with Crippen molar-refractivity contribution < 1.29 is 44.3 Å². The average molecular weight is 1040 g/mol. The number of benzene rings is 4. The molecule has 2 saturated carbocycles. The summed E-state index contributed by atoms with van der Waals surface area (Å²) in [6, 6.07) is 27.7. The highest BCUT2D eigenvalue weighted by atomic mass is 32.2. The predicted molar refractivity (Wildman–Crippen MR) is 269 cm³/mol. The van der Waals surface area contributed by atoms with Crippen LogP contribution in [0.1, 0.15) is 99.2 Å². The highest BCUT2D eigenvalue weighted by Gasteiger charge is 2.55. The number of carbonyl (C=O) groups is 2. The zero-order chi connectivity index (χ0) is 50.3. The molecule has 2 amide bonds.